The Labute approximate surface area is 266 Å². The maximum Gasteiger partial charge on any atom is 2.00 e. The fourth-order valence-corrected chi connectivity index (χ4v) is 4.91. The van der Waals surface area contributed by atoms with E-state index in [9.17, 15) is 0 Å². The van der Waals surface area contributed by atoms with Gasteiger partial charge in [0.2, 0.25) is 0 Å². The Morgan fingerprint density at radius 1 is 0.556 bits per heavy atom. The van der Waals surface area contributed by atoms with E-state index in [1.54, 1.807) is 0 Å². The van der Waals surface area contributed by atoms with Crippen LogP contribution < -0.4 is 34.6 Å². The Bertz CT molecular complexity index is 1200. The molecule has 2 nitrogen and oxygen atoms in total. The molecule has 0 radical (unpaired) electrons. The number of hydrogen-bond acceptors (Lipinski definition) is 2. The summed E-state index contributed by atoms with van der Waals surface area (Å²) in [5, 5.41) is 0. The van der Waals surface area contributed by atoms with Crippen molar-refractivity contribution in [3.8, 4) is 22.3 Å². The van der Waals surface area contributed by atoms with Crippen LogP contribution in [0.1, 0.15) is 22.3 Å². The van der Waals surface area contributed by atoms with Crippen LogP contribution in [0.5, 0.6) is 0 Å². The zero-order chi connectivity index (χ0) is 22.2. The predicted molar refractivity (Wildman–Crippen MR) is 136 cm³/mol. The molecule has 6 rings (SSSR count). The van der Waals surface area contributed by atoms with Gasteiger partial charge in [-0.2, -0.15) is 24.3 Å². The first-order valence-electron chi connectivity index (χ1n) is 11.1. The summed E-state index contributed by atoms with van der Waals surface area (Å²) in [5.41, 5.74) is 13.5. The van der Waals surface area contributed by atoms with E-state index in [1.807, 2.05) is 12.1 Å². The third-order valence-corrected chi connectivity index (χ3v) is 6.38. The van der Waals surface area contributed by atoms with Gasteiger partial charge in [-0.05, 0) is 12.8 Å². The molecule has 0 unspecified atom stereocenters. The van der Waals surface area contributed by atoms with Crippen molar-refractivity contribution in [2.75, 3.05) is 38.0 Å². The third-order valence-electron chi connectivity index (χ3n) is 6.38. The maximum absolute atomic E-state index is 3.36. The predicted octanol–water partition coefficient (Wildman–Crippen LogP) is 0.251. The second-order valence-electron chi connectivity index (χ2n) is 8.89. The molecule has 4 aromatic carbocycles. The number of benzene rings is 4. The van der Waals surface area contributed by atoms with Gasteiger partial charge in [0.25, 0.3) is 0 Å². The van der Waals surface area contributed by atoms with Crippen LogP contribution in [-0.4, -0.2) is 28.2 Å². The van der Waals surface area contributed by atoms with Gasteiger partial charge < -0.3 is 34.6 Å². The number of fused-ring (bicyclic) bond motifs is 6. The molecule has 6 heteroatoms. The summed E-state index contributed by atoms with van der Waals surface area (Å²) in [5.74, 6) is 0. The largest absolute Gasteiger partial charge is 2.00 e. The van der Waals surface area contributed by atoms with E-state index in [1.165, 1.54) is 55.9 Å². The monoisotopic (exact) mass is 666 g/mol. The average Bonchev–Trinajstić information content (AvgIpc) is 3.37. The van der Waals surface area contributed by atoms with Gasteiger partial charge in [-0.1, -0.05) is 82.2 Å². The fraction of sp³-hybridized carbons (Fsp3) is 0.200. The van der Waals surface area contributed by atoms with Gasteiger partial charge in [0, 0.05) is 28.2 Å². The first-order chi connectivity index (χ1) is 15.5. The number of hydrogen-bond donors (Lipinski definition) is 0. The van der Waals surface area contributed by atoms with E-state index in [-0.39, 0.29) is 77.2 Å². The van der Waals surface area contributed by atoms with Crippen LogP contribution in [-0.2, 0) is 65.2 Å². The smallest absolute Gasteiger partial charge is 1.00 e. The van der Waals surface area contributed by atoms with Crippen LogP contribution in [0.3, 0.4) is 0 Å². The molecule has 0 amide bonds. The molecule has 0 saturated heterocycles. The van der Waals surface area contributed by atoms with Gasteiger partial charge in [-0.3, -0.25) is 0 Å². The standard InChI is InChI=1S/2C15H14N.2ClH.2Zr/c2*1-16(2)14-9-5-7-12-10-11-6-3-4-8-13(11)15(12)14;;;;/h2*3-6,8-9H,10H2,1-2H3;2*1H;;/q2*-1;;;2*+2/p-2. The molecule has 0 fully saturated rings. The van der Waals surface area contributed by atoms with Gasteiger partial charge >= 0.3 is 52.4 Å². The summed E-state index contributed by atoms with van der Waals surface area (Å²) in [4.78, 5) is 4.35. The topological polar surface area (TPSA) is 6.48 Å². The van der Waals surface area contributed by atoms with Crippen LogP contribution in [0.2, 0.25) is 0 Å². The molecule has 36 heavy (non-hydrogen) atoms. The van der Waals surface area contributed by atoms with Crippen molar-refractivity contribution < 1.29 is 77.2 Å². The first kappa shape index (κ1) is 32.9. The normalized spacial score (nSPS) is 10.8. The van der Waals surface area contributed by atoms with Crippen molar-refractivity contribution in [2.24, 2.45) is 0 Å². The average molecular weight is 670 g/mol. The van der Waals surface area contributed by atoms with Gasteiger partial charge in [0.05, 0.1) is 0 Å². The Morgan fingerprint density at radius 2 is 0.917 bits per heavy atom. The maximum atomic E-state index is 3.36. The summed E-state index contributed by atoms with van der Waals surface area (Å²) in [6, 6.07) is 32.4. The van der Waals surface area contributed by atoms with E-state index in [2.05, 4.69) is 111 Å². The summed E-state index contributed by atoms with van der Waals surface area (Å²) >= 11 is 0. The summed E-state index contributed by atoms with van der Waals surface area (Å²) in [6.07, 6.45) is 2.04. The zero-order valence-corrected chi connectivity index (χ0v) is 27.4. The van der Waals surface area contributed by atoms with E-state index >= 15 is 0 Å². The molecule has 0 spiro atoms. The van der Waals surface area contributed by atoms with Crippen LogP contribution in [0.25, 0.3) is 22.3 Å². The molecule has 180 valence electrons. The van der Waals surface area contributed by atoms with E-state index in [0.717, 1.165) is 12.8 Å². The molecule has 0 aromatic heterocycles. The molecule has 2 aliphatic rings. The van der Waals surface area contributed by atoms with Crippen LogP contribution in [0.15, 0.2) is 72.8 Å². The first-order valence-corrected chi connectivity index (χ1v) is 11.1. The van der Waals surface area contributed by atoms with Crippen LogP contribution in [0, 0.1) is 12.1 Å². The van der Waals surface area contributed by atoms with Crippen molar-refractivity contribution in [3.63, 3.8) is 0 Å². The van der Waals surface area contributed by atoms with Gasteiger partial charge in [-0.25, -0.2) is 0 Å². The Kier molecular flexibility index (Phi) is 12.9. The Hall–Kier alpha value is -1.17. The van der Waals surface area contributed by atoms with Crippen molar-refractivity contribution in [3.05, 3.63) is 107 Å². The molecule has 4 aromatic rings. The number of anilines is 2. The SMILES string of the molecule is CN(C)c1cc[c-]c2c1-c1ccccc1C2.CN(C)c1cc[c-]c2c1-c1ccccc1C2.[Cl-].[Cl-].[Zr+2].[Zr+2]. The van der Waals surface area contributed by atoms with Crippen molar-refractivity contribution >= 4 is 11.4 Å². The number of halogens is 2. The second-order valence-corrected chi connectivity index (χ2v) is 8.89. The van der Waals surface area contributed by atoms with E-state index < -0.39 is 0 Å². The Balaban J connectivity index is 0.000000324. The van der Waals surface area contributed by atoms with Crippen molar-refractivity contribution in [1.29, 1.82) is 0 Å². The van der Waals surface area contributed by atoms with E-state index in [4.69, 9.17) is 0 Å². The van der Waals surface area contributed by atoms with Gasteiger partial charge in [0.15, 0.2) is 0 Å². The number of nitrogens with zero attached hydrogens (tertiary/aromatic N) is 2. The summed E-state index contributed by atoms with van der Waals surface area (Å²) < 4.78 is 0. The zero-order valence-electron chi connectivity index (χ0n) is 21.0. The molecule has 0 aliphatic heterocycles. The molecule has 0 atom stereocenters. The summed E-state index contributed by atoms with van der Waals surface area (Å²) in [7, 11) is 8.38. The van der Waals surface area contributed by atoms with Gasteiger partial charge in [-0.15, -0.1) is 34.4 Å². The van der Waals surface area contributed by atoms with Crippen LogP contribution >= 0.6 is 0 Å². The van der Waals surface area contributed by atoms with Crippen LogP contribution in [0.4, 0.5) is 11.4 Å². The molecule has 0 N–H and O–H groups in total. The quantitative estimate of drug-likeness (QED) is 0.244. The minimum Gasteiger partial charge on any atom is -1.00 e. The summed E-state index contributed by atoms with van der Waals surface area (Å²) in [6.45, 7) is 0. The van der Waals surface area contributed by atoms with Crippen molar-refractivity contribution in [2.45, 2.75) is 12.8 Å². The minimum atomic E-state index is 0. The molecule has 2 aliphatic carbocycles. The second kappa shape index (κ2) is 14.1. The molecule has 0 bridgehead atoms. The van der Waals surface area contributed by atoms with E-state index in [0.29, 0.717) is 0 Å². The molecule has 0 saturated carbocycles. The van der Waals surface area contributed by atoms with Crippen molar-refractivity contribution in [1.82, 2.24) is 0 Å². The molecular formula is C30H28Cl2N2Zr2. The van der Waals surface area contributed by atoms with Gasteiger partial charge in [0.1, 0.15) is 0 Å². The Morgan fingerprint density at radius 3 is 1.28 bits per heavy atom. The third kappa shape index (κ3) is 6.27. The number of rotatable bonds is 2. The molecule has 0 heterocycles. The minimum absolute atomic E-state index is 0. The fourth-order valence-electron chi connectivity index (χ4n) is 4.91. The molecular weight excluding hydrogens is 642 g/mol.